The molecule has 11 heteroatoms. The van der Waals surface area contributed by atoms with Crippen molar-refractivity contribution in [3.63, 3.8) is 0 Å². The number of thioether (sulfide) groups is 1. The van der Waals surface area contributed by atoms with Crippen molar-refractivity contribution >= 4 is 67.0 Å². The number of aromatic hydroxyl groups is 2. The third-order valence-electron chi connectivity index (χ3n) is 4.76. The van der Waals surface area contributed by atoms with Crippen LogP contribution in [-0.4, -0.2) is 39.0 Å². The summed E-state index contributed by atoms with van der Waals surface area (Å²) in [5.41, 5.74) is 1.14. The van der Waals surface area contributed by atoms with E-state index in [1.54, 1.807) is 42.5 Å². The first-order chi connectivity index (χ1) is 16.9. The summed E-state index contributed by atoms with van der Waals surface area (Å²) in [6.07, 6.45) is 4.64. The van der Waals surface area contributed by atoms with Gasteiger partial charge < -0.3 is 19.4 Å². The predicted molar refractivity (Wildman–Crippen MR) is 143 cm³/mol. The molecule has 0 radical (unpaired) electrons. The Balaban J connectivity index is 1.65. The molecule has 4 rings (SSSR count). The van der Waals surface area contributed by atoms with Crippen LogP contribution in [0.5, 0.6) is 17.2 Å². The molecule has 0 atom stereocenters. The van der Waals surface area contributed by atoms with E-state index in [9.17, 15) is 15.0 Å². The number of nitrogens with zero attached hydrogens (tertiary/aromatic N) is 3. The molecule has 1 saturated heterocycles. The van der Waals surface area contributed by atoms with Crippen LogP contribution in [0.1, 0.15) is 23.8 Å². The number of halogens is 2. The maximum atomic E-state index is 13.2. The molecule has 1 aliphatic rings. The zero-order chi connectivity index (χ0) is 24.9. The van der Waals surface area contributed by atoms with Gasteiger partial charge in [-0.2, -0.15) is 5.10 Å². The fraction of sp³-hybridized carbons (Fsp3) is 0.125. The highest BCUT2D eigenvalue weighted by molar-refractivity contribution is 9.11. The van der Waals surface area contributed by atoms with Crippen LogP contribution in [0.25, 0.3) is 6.08 Å². The Labute approximate surface area is 222 Å². The number of phenols is 2. The van der Waals surface area contributed by atoms with E-state index in [0.717, 1.165) is 16.2 Å². The Kier molecular flexibility index (Phi) is 7.99. The summed E-state index contributed by atoms with van der Waals surface area (Å²) in [6.45, 7) is 2.41. The summed E-state index contributed by atoms with van der Waals surface area (Å²) in [4.78, 5) is 15.1. The molecule has 0 unspecified atom stereocenters. The van der Waals surface area contributed by atoms with Crippen molar-refractivity contribution in [2.24, 2.45) is 10.2 Å². The number of hydrogen-bond donors (Lipinski definition) is 2. The molecule has 2 N–H and O–H groups in total. The standard InChI is InChI=1S/C24H19Br2N3O5S/c1-2-33-20-8-14(5-6-19(20)30)12-27-28-24-29(13-17-4-3-7-34-17)23(32)21(35-24)10-15-9-16(25)11-18(26)22(15)31/h3-12,30-31H,2,13H2,1H3/b21-10-,27-12+,28-24-. The van der Waals surface area contributed by atoms with Gasteiger partial charge in [0.15, 0.2) is 16.7 Å². The number of carbonyl (C=O) groups excluding carboxylic acids is 1. The zero-order valence-corrected chi connectivity index (χ0v) is 22.3. The SMILES string of the molecule is CCOc1cc(/C=N/N=C2\S/C(=C\c3cc(Br)cc(Br)c3O)C(=O)N2Cc2ccco2)ccc1O. The molecule has 1 aliphatic heterocycles. The second kappa shape index (κ2) is 11.1. The maximum Gasteiger partial charge on any atom is 0.267 e. The fourth-order valence-electron chi connectivity index (χ4n) is 3.14. The maximum absolute atomic E-state index is 13.2. The van der Waals surface area contributed by atoms with Crippen molar-refractivity contribution in [2.75, 3.05) is 6.61 Å². The number of hydrogen-bond acceptors (Lipinski definition) is 8. The van der Waals surface area contributed by atoms with E-state index in [2.05, 4.69) is 42.1 Å². The minimum Gasteiger partial charge on any atom is -0.506 e. The van der Waals surface area contributed by atoms with Crippen LogP contribution in [0.2, 0.25) is 0 Å². The Morgan fingerprint density at radius 2 is 2.03 bits per heavy atom. The van der Waals surface area contributed by atoms with Crippen molar-refractivity contribution in [2.45, 2.75) is 13.5 Å². The van der Waals surface area contributed by atoms with Gasteiger partial charge in [0.1, 0.15) is 11.5 Å². The lowest BCUT2D eigenvalue weighted by molar-refractivity contribution is -0.122. The molecule has 0 spiro atoms. The van der Waals surface area contributed by atoms with E-state index in [1.165, 1.54) is 23.4 Å². The number of furan rings is 1. The molecule has 0 bridgehead atoms. The highest BCUT2D eigenvalue weighted by atomic mass is 79.9. The summed E-state index contributed by atoms with van der Waals surface area (Å²) in [6, 6.07) is 11.8. The topological polar surface area (TPSA) is 108 Å². The second-order valence-corrected chi connectivity index (χ2v) is 9.97. The van der Waals surface area contributed by atoms with E-state index >= 15 is 0 Å². The first kappa shape index (κ1) is 25.1. The van der Waals surface area contributed by atoms with Gasteiger partial charge in [-0.25, -0.2) is 0 Å². The molecule has 1 fully saturated rings. The quantitative estimate of drug-likeness (QED) is 0.187. The average Bonchev–Trinajstić information content (AvgIpc) is 3.44. The van der Waals surface area contributed by atoms with Gasteiger partial charge in [-0.15, -0.1) is 5.10 Å². The van der Waals surface area contributed by atoms with Gasteiger partial charge >= 0.3 is 0 Å². The highest BCUT2D eigenvalue weighted by Crippen LogP contribution is 2.38. The molecule has 180 valence electrons. The lowest BCUT2D eigenvalue weighted by atomic mass is 10.2. The second-order valence-electron chi connectivity index (χ2n) is 7.19. The normalized spacial score (nSPS) is 16.2. The Hall–Kier alpha value is -3.02. The van der Waals surface area contributed by atoms with Gasteiger partial charge in [-0.1, -0.05) is 15.9 Å². The number of rotatable bonds is 7. The molecule has 1 amide bonds. The minimum absolute atomic E-state index is 0.0209. The van der Waals surface area contributed by atoms with Gasteiger partial charge in [-0.05, 0) is 88.7 Å². The summed E-state index contributed by atoms with van der Waals surface area (Å²) < 4.78 is 12.1. The third-order valence-corrected chi connectivity index (χ3v) is 6.82. The Bertz CT molecular complexity index is 1340. The van der Waals surface area contributed by atoms with Crippen LogP contribution < -0.4 is 4.74 Å². The van der Waals surface area contributed by atoms with Crippen molar-refractivity contribution in [1.29, 1.82) is 0 Å². The number of ether oxygens (including phenoxy) is 1. The molecule has 2 heterocycles. The largest absolute Gasteiger partial charge is 0.506 e. The minimum atomic E-state index is -0.292. The van der Waals surface area contributed by atoms with Gasteiger partial charge in [0.25, 0.3) is 5.91 Å². The molecule has 35 heavy (non-hydrogen) atoms. The number of amidine groups is 1. The molecule has 2 aromatic carbocycles. The molecule has 8 nitrogen and oxygen atoms in total. The molecule has 0 aliphatic carbocycles. The third kappa shape index (κ3) is 5.98. The van der Waals surface area contributed by atoms with E-state index in [0.29, 0.717) is 43.8 Å². The Morgan fingerprint density at radius 3 is 2.77 bits per heavy atom. The average molecular weight is 621 g/mol. The van der Waals surface area contributed by atoms with Crippen molar-refractivity contribution in [3.8, 4) is 17.2 Å². The van der Waals surface area contributed by atoms with Crippen molar-refractivity contribution < 1.29 is 24.2 Å². The number of amides is 1. The smallest absolute Gasteiger partial charge is 0.267 e. The number of carbonyl (C=O) groups is 1. The lowest BCUT2D eigenvalue weighted by Gasteiger charge is -2.12. The predicted octanol–water partition coefficient (Wildman–Crippen LogP) is 6.12. The van der Waals surface area contributed by atoms with Gasteiger partial charge in [0, 0.05) is 10.0 Å². The summed E-state index contributed by atoms with van der Waals surface area (Å²) >= 11 is 7.85. The van der Waals surface area contributed by atoms with Crippen LogP contribution in [-0.2, 0) is 11.3 Å². The van der Waals surface area contributed by atoms with E-state index < -0.39 is 0 Å². The Morgan fingerprint density at radius 1 is 1.20 bits per heavy atom. The monoisotopic (exact) mass is 619 g/mol. The molecular formula is C24H19Br2N3O5S. The highest BCUT2D eigenvalue weighted by Gasteiger charge is 2.34. The number of phenolic OH excluding ortho intramolecular Hbond substituents is 2. The van der Waals surface area contributed by atoms with Crippen molar-refractivity contribution in [1.82, 2.24) is 4.90 Å². The molecule has 0 saturated carbocycles. The first-order valence-corrected chi connectivity index (χ1v) is 12.7. The van der Waals surface area contributed by atoms with Crippen molar-refractivity contribution in [3.05, 3.63) is 79.5 Å². The van der Waals surface area contributed by atoms with Gasteiger partial charge in [0.2, 0.25) is 0 Å². The van der Waals surface area contributed by atoms with E-state index in [-0.39, 0.29) is 24.0 Å². The van der Waals surface area contributed by atoms with Crippen LogP contribution >= 0.6 is 43.6 Å². The van der Waals surface area contributed by atoms with Crippen LogP contribution in [0.3, 0.4) is 0 Å². The van der Waals surface area contributed by atoms with Crippen LogP contribution in [0.15, 0.2) is 77.2 Å². The van der Waals surface area contributed by atoms with Gasteiger partial charge in [-0.3, -0.25) is 9.69 Å². The van der Waals surface area contributed by atoms with Crippen LogP contribution in [0, 0.1) is 0 Å². The van der Waals surface area contributed by atoms with E-state index in [4.69, 9.17) is 9.15 Å². The van der Waals surface area contributed by atoms with E-state index in [1.807, 2.05) is 6.92 Å². The molecule has 1 aromatic heterocycles. The molecule has 3 aromatic rings. The molecular weight excluding hydrogens is 602 g/mol. The van der Waals surface area contributed by atoms with Crippen LogP contribution in [0.4, 0.5) is 0 Å². The summed E-state index contributed by atoms with van der Waals surface area (Å²) in [7, 11) is 0. The first-order valence-electron chi connectivity index (χ1n) is 10.3. The summed E-state index contributed by atoms with van der Waals surface area (Å²) in [5.74, 6) is 0.699. The number of benzene rings is 2. The summed E-state index contributed by atoms with van der Waals surface area (Å²) in [5, 5.41) is 29.0. The van der Waals surface area contributed by atoms with Gasteiger partial charge in [0.05, 0.1) is 35.0 Å². The zero-order valence-electron chi connectivity index (χ0n) is 18.3. The lowest BCUT2D eigenvalue weighted by Crippen LogP contribution is -2.28. The fourth-order valence-corrected chi connectivity index (χ4v) is 5.33.